The van der Waals surface area contributed by atoms with Crippen molar-refractivity contribution in [2.75, 3.05) is 25.9 Å². The second-order valence-corrected chi connectivity index (χ2v) is 4.67. The van der Waals surface area contributed by atoms with Gasteiger partial charge in [-0.1, -0.05) is 0 Å². The van der Waals surface area contributed by atoms with Crippen molar-refractivity contribution >= 4 is 16.9 Å². The molecule has 90 valence electrons. The summed E-state index contributed by atoms with van der Waals surface area (Å²) in [4.78, 5) is 11.3. The SMILES string of the molecule is CN1CCC(c2nc(N)c3[nH]ncc3n2)CC1. The number of rotatable bonds is 1. The Labute approximate surface area is 99.2 Å². The Morgan fingerprint density at radius 2 is 2.12 bits per heavy atom. The lowest BCUT2D eigenvalue weighted by Gasteiger charge is -2.27. The first kappa shape index (κ1) is 10.5. The van der Waals surface area contributed by atoms with Crippen LogP contribution in [0.15, 0.2) is 6.20 Å². The van der Waals surface area contributed by atoms with Crippen LogP contribution in [0.4, 0.5) is 5.82 Å². The number of nitrogens with zero attached hydrogens (tertiary/aromatic N) is 4. The number of anilines is 1. The summed E-state index contributed by atoms with van der Waals surface area (Å²) in [5.41, 5.74) is 7.45. The van der Waals surface area contributed by atoms with Gasteiger partial charge in [0.05, 0.1) is 6.20 Å². The van der Waals surface area contributed by atoms with Crippen molar-refractivity contribution in [2.45, 2.75) is 18.8 Å². The summed E-state index contributed by atoms with van der Waals surface area (Å²) < 4.78 is 0. The molecule has 2 aromatic rings. The highest BCUT2D eigenvalue weighted by molar-refractivity contribution is 5.83. The number of hydrogen-bond acceptors (Lipinski definition) is 5. The Hall–Kier alpha value is -1.69. The molecule has 0 bridgehead atoms. The predicted octanol–water partition coefficient (Wildman–Crippen LogP) is 0.744. The van der Waals surface area contributed by atoms with Crippen LogP contribution in [-0.4, -0.2) is 45.2 Å². The predicted molar refractivity (Wildman–Crippen MR) is 65.6 cm³/mol. The molecule has 1 fully saturated rings. The molecule has 1 aliphatic heterocycles. The maximum atomic E-state index is 5.90. The third kappa shape index (κ3) is 1.84. The number of aromatic amines is 1. The number of nitrogens with one attached hydrogen (secondary N) is 1. The highest BCUT2D eigenvalue weighted by Gasteiger charge is 2.21. The molecule has 1 saturated heterocycles. The Bertz CT molecular complexity index is 526. The number of H-pyrrole nitrogens is 1. The maximum absolute atomic E-state index is 5.90. The second kappa shape index (κ2) is 3.96. The molecule has 0 radical (unpaired) electrons. The van der Waals surface area contributed by atoms with Gasteiger partial charge >= 0.3 is 0 Å². The fourth-order valence-corrected chi connectivity index (χ4v) is 2.33. The van der Waals surface area contributed by atoms with E-state index < -0.39 is 0 Å². The lowest BCUT2D eigenvalue weighted by atomic mass is 9.96. The van der Waals surface area contributed by atoms with Crippen molar-refractivity contribution in [1.29, 1.82) is 0 Å². The van der Waals surface area contributed by atoms with E-state index in [9.17, 15) is 0 Å². The molecule has 0 aliphatic carbocycles. The van der Waals surface area contributed by atoms with Gasteiger partial charge in [0.1, 0.15) is 16.9 Å². The van der Waals surface area contributed by atoms with Crippen LogP contribution in [0, 0.1) is 0 Å². The zero-order chi connectivity index (χ0) is 11.8. The number of nitrogens with two attached hydrogens (primary N) is 1. The summed E-state index contributed by atoms with van der Waals surface area (Å²) in [5.74, 6) is 1.79. The molecule has 0 saturated carbocycles. The molecule has 0 unspecified atom stereocenters. The van der Waals surface area contributed by atoms with E-state index in [1.807, 2.05) is 0 Å². The summed E-state index contributed by atoms with van der Waals surface area (Å²) in [6, 6.07) is 0. The van der Waals surface area contributed by atoms with Crippen molar-refractivity contribution in [3.05, 3.63) is 12.0 Å². The highest BCUT2D eigenvalue weighted by atomic mass is 15.1. The Morgan fingerprint density at radius 1 is 1.35 bits per heavy atom. The topological polar surface area (TPSA) is 83.7 Å². The molecule has 2 aromatic heterocycles. The van der Waals surface area contributed by atoms with E-state index in [1.54, 1.807) is 6.20 Å². The standard InChI is InChI=1S/C11H16N6/c1-17-4-2-7(3-5-17)11-14-8-6-13-16-9(8)10(12)15-11/h6-7H,2-5H2,1H3,(H,13,16)(H2,12,14,15). The largest absolute Gasteiger partial charge is 0.382 e. The van der Waals surface area contributed by atoms with E-state index in [0.717, 1.165) is 42.8 Å². The molecule has 3 N–H and O–H groups in total. The van der Waals surface area contributed by atoms with Crippen molar-refractivity contribution in [1.82, 2.24) is 25.1 Å². The van der Waals surface area contributed by atoms with E-state index in [-0.39, 0.29) is 0 Å². The molecule has 0 atom stereocenters. The van der Waals surface area contributed by atoms with E-state index in [0.29, 0.717) is 11.7 Å². The highest BCUT2D eigenvalue weighted by Crippen LogP contribution is 2.27. The van der Waals surface area contributed by atoms with Gasteiger partial charge in [-0.15, -0.1) is 0 Å². The molecule has 0 spiro atoms. The first-order valence-corrected chi connectivity index (χ1v) is 5.89. The zero-order valence-corrected chi connectivity index (χ0v) is 9.85. The molecule has 17 heavy (non-hydrogen) atoms. The molecule has 6 heteroatoms. The molecular weight excluding hydrogens is 216 g/mol. The van der Waals surface area contributed by atoms with E-state index in [1.165, 1.54) is 0 Å². The molecule has 0 aromatic carbocycles. The Balaban J connectivity index is 1.94. The number of fused-ring (bicyclic) bond motifs is 1. The van der Waals surface area contributed by atoms with Gasteiger partial charge in [0.2, 0.25) is 0 Å². The lowest BCUT2D eigenvalue weighted by molar-refractivity contribution is 0.251. The average molecular weight is 232 g/mol. The van der Waals surface area contributed by atoms with Crippen molar-refractivity contribution in [3.63, 3.8) is 0 Å². The van der Waals surface area contributed by atoms with Crippen molar-refractivity contribution in [3.8, 4) is 0 Å². The smallest absolute Gasteiger partial charge is 0.153 e. The molecule has 6 nitrogen and oxygen atoms in total. The first-order chi connectivity index (χ1) is 8.24. The molecule has 0 amide bonds. The first-order valence-electron chi connectivity index (χ1n) is 5.89. The normalized spacial score (nSPS) is 18.9. The summed E-state index contributed by atoms with van der Waals surface area (Å²) in [6.07, 6.45) is 3.89. The molecule has 1 aliphatic rings. The van der Waals surface area contributed by atoms with E-state index in [2.05, 4.69) is 32.1 Å². The van der Waals surface area contributed by atoms with Gasteiger partial charge in [-0.2, -0.15) is 5.10 Å². The van der Waals surface area contributed by atoms with Gasteiger partial charge < -0.3 is 10.6 Å². The maximum Gasteiger partial charge on any atom is 0.153 e. The van der Waals surface area contributed by atoms with Crippen LogP contribution in [-0.2, 0) is 0 Å². The number of hydrogen-bond donors (Lipinski definition) is 2. The minimum absolute atomic E-state index is 0.424. The third-order valence-electron chi connectivity index (χ3n) is 3.43. The molecule has 3 heterocycles. The summed E-state index contributed by atoms with van der Waals surface area (Å²) in [5, 5.41) is 6.76. The summed E-state index contributed by atoms with van der Waals surface area (Å²) in [6.45, 7) is 2.19. The van der Waals surface area contributed by atoms with E-state index >= 15 is 0 Å². The van der Waals surface area contributed by atoms with Gasteiger partial charge in [-0.25, -0.2) is 9.97 Å². The van der Waals surface area contributed by atoms with Crippen LogP contribution >= 0.6 is 0 Å². The Kier molecular flexibility index (Phi) is 2.44. The number of aromatic nitrogens is 4. The molecule has 3 rings (SSSR count). The number of piperidine rings is 1. The summed E-state index contributed by atoms with van der Waals surface area (Å²) >= 11 is 0. The fraction of sp³-hybridized carbons (Fsp3) is 0.545. The minimum Gasteiger partial charge on any atom is -0.382 e. The third-order valence-corrected chi connectivity index (χ3v) is 3.43. The van der Waals surface area contributed by atoms with Crippen LogP contribution in [0.3, 0.4) is 0 Å². The van der Waals surface area contributed by atoms with Gasteiger partial charge in [0.15, 0.2) is 5.82 Å². The minimum atomic E-state index is 0.424. The van der Waals surface area contributed by atoms with Crippen molar-refractivity contribution in [2.24, 2.45) is 0 Å². The van der Waals surface area contributed by atoms with Gasteiger partial charge in [-0.3, -0.25) is 5.10 Å². The van der Waals surface area contributed by atoms with Crippen LogP contribution in [0.25, 0.3) is 11.0 Å². The van der Waals surface area contributed by atoms with Gasteiger partial charge in [0.25, 0.3) is 0 Å². The monoisotopic (exact) mass is 232 g/mol. The average Bonchev–Trinajstić information content (AvgIpc) is 2.78. The van der Waals surface area contributed by atoms with E-state index in [4.69, 9.17) is 5.73 Å². The molecular formula is C11H16N6. The second-order valence-electron chi connectivity index (χ2n) is 4.67. The van der Waals surface area contributed by atoms with Crippen LogP contribution < -0.4 is 5.73 Å². The van der Waals surface area contributed by atoms with Crippen LogP contribution in [0.5, 0.6) is 0 Å². The lowest BCUT2D eigenvalue weighted by Crippen LogP contribution is -2.30. The van der Waals surface area contributed by atoms with Gasteiger partial charge in [0, 0.05) is 5.92 Å². The van der Waals surface area contributed by atoms with Crippen molar-refractivity contribution < 1.29 is 0 Å². The zero-order valence-electron chi connectivity index (χ0n) is 9.85. The number of nitrogen functional groups attached to an aromatic ring is 1. The van der Waals surface area contributed by atoms with Crippen LogP contribution in [0.1, 0.15) is 24.6 Å². The Morgan fingerprint density at radius 3 is 2.88 bits per heavy atom. The summed E-state index contributed by atoms with van der Waals surface area (Å²) in [7, 11) is 2.14. The fourth-order valence-electron chi connectivity index (χ4n) is 2.33. The quantitative estimate of drug-likeness (QED) is 0.757. The van der Waals surface area contributed by atoms with Crippen LogP contribution in [0.2, 0.25) is 0 Å². The van der Waals surface area contributed by atoms with Gasteiger partial charge in [-0.05, 0) is 33.0 Å². The number of likely N-dealkylation sites (tertiary alicyclic amines) is 1.